The number of thioether (sulfide) groups is 1. The fourth-order valence-corrected chi connectivity index (χ4v) is 4.73. The van der Waals surface area contributed by atoms with E-state index in [4.69, 9.17) is 4.74 Å². The van der Waals surface area contributed by atoms with Crippen molar-refractivity contribution in [3.63, 3.8) is 0 Å². The van der Waals surface area contributed by atoms with E-state index in [9.17, 15) is 14.0 Å². The largest absolute Gasteiger partial charge is 0.497 e. The van der Waals surface area contributed by atoms with E-state index in [2.05, 4.69) is 5.32 Å². The zero-order valence-electron chi connectivity index (χ0n) is 18.7. The zero-order chi connectivity index (χ0) is 22.9. The second-order valence-corrected chi connectivity index (χ2v) is 9.14. The van der Waals surface area contributed by atoms with Crippen molar-refractivity contribution in [3.8, 4) is 5.75 Å². The number of halogens is 1. The maximum absolute atomic E-state index is 13.2. The van der Waals surface area contributed by atoms with Gasteiger partial charge < -0.3 is 15.0 Å². The smallest absolute Gasteiger partial charge is 0.242 e. The molecule has 2 amide bonds. The molecule has 0 radical (unpaired) electrons. The topological polar surface area (TPSA) is 58.6 Å². The Kier molecular flexibility index (Phi) is 8.97. The first-order valence-corrected chi connectivity index (χ1v) is 12.2. The summed E-state index contributed by atoms with van der Waals surface area (Å²) in [6.07, 6.45) is 4.25. The number of carbonyl (C=O) groups excluding carboxylic acids is 2. The summed E-state index contributed by atoms with van der Waals surface area (Å²) in [5, 5.41) is 3.11. The van der Waals surface area contributed by atoms with Crippen molar-refractivity contribution in [2.75, 3.05) is 12.9 Å². The van der Waals surface area contributed by atoms with E-state index in [0.29, 0.717) is 18.0 Å². The number of amides is 2. The van der Waals surface area contributed by atoms with Crippen molar-refractivity contribution in [2.45, 2.75) is 57.0 Å². The van der Waals surface area contributed by atoms with Crippen LogP contribution in [0, 0.1) is 5.82 Å². The first-order valence-electron chi connectivity index (χ1n) is 11.0. The van der Waals surface area contributed by atoms with Crippen LogP contribution in [0.5, 0.6) is 5.75 Å². The van der Waals surface area contributed by atoms with E-state index in [0.717, 1.165) is 36.8 Å². The Bertz CT molecular complexity index is 900. The number of hydrogen-bond donors (Lipinski definition) is 1. The van der Waals surface area contributed by atoms with Gasteiger partial charge in [-0.25, -0.2) is 4.39 Å². The summed E-state index contributed by atoms with van der Waals surface area (Å²) in [5.74, 6) is 1.06. The minimum atomic E-state index is -0.583. The average Bonchev–Trinajstić information content (AvgIpc) is 3.31. The van der Waals surface area contributed by atoms with E-state index in [1.54, 1.807) is 31.1 Å². The summed E-state index contributed by atoms with van der Waals surface area (Å²) in [5.41, 5.74) is 1.86. The molecule has 0 bridgehead atoms. The first-order chi connectivity index (χ1) is 15.5. The summed E-state index contributed by atoms with van der Waals surface area (Å²) < 4.78 is 18.4. The van der Waals surface area contributed by atoms with Gasteiger partial charge >= 0.3 is 0 Å². The normalized spacial score (nSPS) is 14.7. The number of carbonyl (C=O) groups is 2. The van der Waals surface area contributed by atoms with Crippen LogP contribution in [0.15, 0.2) is 48.5 Å². The third-order valence-electron chi connectivity index (χ3n) is 5.76. The van der Waals surface area contributed by atoms with Gasteiger partial charge in [0.05, 0.1) is 12.9 Å². The summed E-state index contributed by atoms with van der Waals surface area (Å²) in [4.78, 5) is 27.7. The molecule has 0 spiro atoms. The molecule has 1 aliphatic rings. The van der Waals surface area contributed by atoms with Gasteiger partial charge in [0, 0.05) is 18.3 Å². The molecule has 1 atom stereocenters. The SMILES string of the molecule is COc1cccc(CN(C(=O)CSCc2ccc(F)cc2)[C@@H](C)C(=O)NC2CCCC2)c1. The highest BCUT2D eigenvalue weighted by atomic mass is 32.2. The molecule has 172 valence electrons. The lowest BCUT2D eigenvalue weighted by atomic mass is 10.1. The molecule has 5 nitrogen and oxygen atoms in total. The minimum Gasteiger partial charge on any atom is -0.497 e. The van der Waals surface area contributed by atoms with Crippen LogP contribution < -0.4 is 10.1 Å². The summed E-state index contributed by atoms with van der Waals surface area (Å²) in [6.45, 7) is 2.11. The highest BCUT2D eigenvalue weighted by Crippen LogP contribution is 2.21. The Morgan fingerprint density at radius 1 is 1.16 bits per heavy atom. The van der Waals surface area contributed by atoms with Crippen molar-refractivity contribution in [3.05, 3.63) is 65.5 Å². The summed E-state index contributed by atoms with van der Waals surface area (Å²) in [6, 6.07) is 13.4. The molecule has 32 heavy (non-hydrogen) atoms. The molecule has 7 heteroatoms. The predicted octanol–water partition coefficient (Wildman–Crippen LogP) is 4.54. The van der Waals surface area contributed by atoms with Gasteiger partial charge in [-0.1, -0.05) is 37.1 Å². The number of nitrogens with zero attached hydrogens (tertiary/aromatic N) is 1. The molecule has 0 unspecified atom stereocenters. The highest BCUT2D eigenvalue weighted by molar-refractivity contribution is 7.99. The van der Waals surface area contributed by atoms with Crippen LogP contribution in [0.4, 0.5) is 4.39 Å². The fourth-order valence-electron chi connectivity index (χ4n) is 3.86. The first kappa shape index (κ1) is 24.1. The monoisotopic (exact) mass is 458 g/mol. The van der Waals surface area contributed by atoms with Crippen molar-refractivity contribution in [1.29, 1.82) is 0 Å². The molecule has 1 N–H and O–H groups in total. The molecule has 0 aromatic heterocycles. The van der Waals surface area contributed by atoms with E-state index >= 15 is 0 Å². The molecule has 0 aliphatic heterocycles. The standard InChI is InChI=1S/C25H31FN2O3S/c1-18(25(30)27-22-7-3-4-8-22)28(15-20-6-5-9-23(14-20)31-2)24(29)17-32-16-19-10-12-21(26)13-11-19/h5-6,9-14,18,22H,3-4,7-8,15-17H2,1-2H3,(H,27,30)/t18-/m0/s1. The van der Waals surface area contributed by atoms with Crippen LogP contribution in [0.2, 0.25) is 0 Å². The third-order valence-corrected chi connectivity index (χ3v) is 6.75. The van der Waals surface area contributed by atoms with Crippen molar-refractivity contribution in [1.82, 2.24) is 10.2 Å². The molecule has 1 saturated carbocycles. The molecule has 0 heterocycles. The van der Waals surface area contributed by atoms with Crippen LogP contribution in [-0.4, -0.2) is 41.7 Å². The molecular weight excluding hydrogens is 427 g/mol. The molecule has 0 saturated heterocycles. The Morgan fingerprint density at radius 2 is 1.88 bits per heavy atom. The zero-order valence-corrected chi connectivity index (χ0v) is 19.5. The van der Waals surface area contributed by atoms with Gasteiger partial charge in [0.25, 0.3) is 0 Å². The molecule has 1 aliphatic carbocycles. The predicted molar refractivity (Wildman–Crippen MR) is 126 cm³/mol. The second kappa shape index (κ2) is 11.9. The van der Waals surface area contributed by atoms with Gasteiger partial charge in [0.15, 0.2) is 0 Å². The maximum Gasteiger partial charge on any atom is 0.242 e. The van der Waals surface area contributed by atoms with Crippen molar-refractivity contribution >= 4 is 23.6 Å². The highest BCUT2D eigenvalue weighted by Gasteiger charge is 2.28. The molecular formula is C25H31FN2O3S. The number of hydrogen-bond acceptors (Lipinski definition) is 4. The van der Waals surface area contributed by atoms with E-state index in [1.807, 2.05) is 24.3 Å². The molecule has 3 rings (SSSR count). The maximum atomic E-state index is 13.2. The molecule has 2 aromatic rings. The van der Waals surface area contributed by atoms with E-state index < -0.39 is 6.04 Å². The lowest BCUT2D eigenvalue weighted by Gasteiger charge is -2.29. The Hall–Kier alpha value is -2.54. The second-order valence-electron chi connectivity index (χ2n) is 8.16. The summed E-state index contributed by atoms with van der Waals surface area (Å²) in [7, 11) is 1.60. The number of rotatable bonds is 10. The van der Waals surface area contributed by atoms with Gasteiger partial charge in [-0.2, -0.15) is 0 Å². The Balaban J connectivity index is 1.66. The Labute approximate surface area is 193 Å². The fraction of sp³-hybridized carbons (Fsp3) is 0.440. The van der Waals surface area contributed by atoms with E-state index in [-0.39, 0.29) is 29.4 Å². The number of nitrogens with one attached hydrogen (secondary N) is 1. The van der Waals surface area contributed by atoms with Crippen LogP contribution in [0.25, 0.3) is 0 Å². The average molecular weight is 459 g/mol. The van der Waals surface area contributed by atoms with Gasteiger partial charge in [-0.05, 0) is 55.2 Å². The number of methoxy groups -OCH3 is 1. The quantitative estimate of drug-likeness (QED) is 0.568. The lowest BCUT2D eigenvalue weighted by molar-refractivity contribution is -0.138. The van der Waals surface area contributed by atoms with Crippen LogP contribution >= 0.6 is 11.8 Å². The minimum absolute atomic E-state index is 0.103. The van der Waals surface area contributed by atoms with Crippen LogP contribution in [-0.2, 0) is 21.9 Å². The molecule has 1 fully saturated rings. The third kappa shape index (κ3) is 6.99. The van der Waals surface area contributed by atoms with Crippen LogP contribution in [0.1, 0.15) is 43.7 Å². The van der Waals surface area contributed by atoms with Gasteiger partial charge in [-0.15, -0.1) is 11.8 Å². The summed E-state index contributed by atoms with van der Waals surface area (Å²) >= 11 is 1.46. The lowest BCUT2D eigenvalue weighted by Crippen LogP contribution is -2.50. The van der Waals surface area contributed by atoms with Crippen molar-refractivity contribution in [2.24, 2.45) is 0 Å². The van der Waals surface area contributed by atoms with Gasteiger partial charge in [0.2, 0.25) is 11.8 Å². The van der Waals surface area contributed by atoms with Crippen molar-refractivity contribution < 1.29 is 18.7 Å². The van der Waals surface area contributed by atoms with E-state index in [1.165, 1.54) is 23.9 Å². The molecule has 2 aromatic carbocycles. The Morgan fingerprint density at radius 3 is 2.56 bits per heavy atom. The van der Waals surface area contributed by atoms with Gasteiger partial charge in [0.1, 0.15) is 17.6 Å². The van der Waals surface area contributed by atoms with Gasteiger partial charge in [-0.3, -0.25) is 9.59 Å². The number of benzene rings is 2. The number of ether oxygens (including phenoxy) is 1. The van der Waals surface area contributed by atoms with Crippen LogP contribution in [0.3, 0.4) is 0 Å².